The number of ether oxygens (including phenoxy) is 1. The number of para-hydroxylation sites is 1. The van der Waals surface area contributed by atoms with Gasteiger partial charge in [-0.15, -0.1) is 0 Å². The molecule has 7 nitrogen and oxygen atoms in total. The molecular formula is C25H27FN6O. The second kappa shape index (κ2) is 9.44. The molecule has 0 unspecified atom stereocenters. The lowest BCUT2D eigenvalue weighted by Crippen LogP contribution is -2.21. The summed E-state index contributed by atoms with van der Waals surface area (Å²) in [6.07, 6.45) is 9.09. The van der Waals surface area contributed by atoms with E-state index in [-0.39, 0.29) is 5.75 Å². The number of aromatic nitrogens is 4. The molecule has 0 amide bonds. The molecule has 8 heteroatoms. The molecule has 33 heavy (non-hydrogen) atoms. The number of anilines is 3. The van der Waals surface area contributed by atoms with Crippen molar-refractivity contribution in [3.63, 3.8) is 0 Å². The van der Waals surface area contributed by atoms with Crippen LogP contribution in [0.25, 0.3) is 16.9 Å². The van der Waals surface area contributed by atoms with Crippen LogP contribution in [0.15, 0.2) is 54.7 Å². The van der Waals surface area contributed by atoms with Gasteiger partial charge in [0.05, 0.1) is 12.6 Å². The average Bonchev–Trinajstić information content (AvgIpc) is 3.09. The van der Waals surface area contributed by atoms with E-state index in [1.165, 1.54) is 38.9 Å². The number of methoxy groups -OCH3 is 1. The van der Waals surface area contributed by atoms with E-state index < -0.39 is 5.82 Å². The molecule has 0 radical (unpaired) electrons. The number of hydrogen-bond donors (Lipinski definition) is 2. The van der Waals surface area contributed by atoms with Crippen molar-refractivity contribution in [3.8, 4) is 11.7 Å². The lowest BCUT2D eigenvalue weighted by molar-refractivity contribution is 0.386. The van der Waals surface area contributed by atoms with E-state index in [9.17, 15) is 4.39 Å². The summed E-state index contributed by atoms with van der Waals surface area (Å²) in [4.78, 5) is 14.0. The van der Waals surface area contributed by atoms with Crippen LogP contribution in [-0.4, -0.2) is 32.7 Å². The van der Waals surface area contributed by atoms with E-state index in [0.717, 1.165) is 23.7 Å². The van der Waals surface area contributed by atoms with Crippen LogP contribution in [0, 0.1) is 5.82 Å². The molecule has 2 N–H and O–H groups in total. The molecule has 2 heterocycles. The topological polar surface area (TPSA) is 76.9 Å². The first kappa shape index (κ1) is 21.2. The molecule has 0 bridgehead atoms. The lowest BCUT2D eigenvalue weighted by Gasteiger charge is -2.17. The fourth-order valence-electron chi connectivity index (χ4n) is 4.33. The van der Waals surface area contributed by atoms with Crippen molar-refractivity contribution in [2.24, 2.45) is 0 Å². The van der Waals surface area contributed by atoms with E-state index in [1.807, 2.05) is 35.0 Å². The Hall–Kier alpha value is -3.68. The van der Waals surface area contributed by atoms with Crippen LogP contribution in [-0.2, 0) is 0 Å². The molecule has 0 aliphatic heterocycles. The molecule has 0 saturated heterocycles. The summed E-state index contributed by atoms with van der Waals surface area (Å²) in [5.74, 6) is 1.09. The molecule has 2 aromatic heterocycles. The monoisotopic (exact) mass is 446 g/mol. The summed E-state index contributed by atoms with van der Waals surface area (Å²) in [6.45, 7) is 0. The minimum Gasteiger partial charge on any atom is -0.494 e. The Morgan fingerprint density at radius 3 is 2.52 bits per heavy atom. The zero-order chi connectivity index (χ0) is 22.6. The van der Waals surface area contributed by atoms with Gasteiger partial charge in [0, 0.05) is 29.4 Å². The molecule has 5 rings (SSSR count). The zero-order valence-corrected chi connectivity index (χ0v) is 18.6. The molecule has 1 aliphatic rings. The summed E-state index contributed by atoms with van der Waals surface area (Å²) < 4.78 is 21.2. The Kier molecular flexibility index (Phi) is 6.06. The van der Waals surface area contributed by atoms with Gasteiger partial charge >= 0.3 is 0 Å². The van der Waals surface area contributed by atoms with Crippen LogP contribution in [0.4, 0.5) is 22.0 Å². The Morgan fingerprint density at radius 2 is 1.73 bits per heavy atom. The summed E-state index contributed by atoms with van der Waals surface area (Å²) in [5.41, 5.74) is 1.54. The Balaban J connectivity index is 1.51. The van der Waals surface area contributed by atoms with E-state index in [1.54, 1.807) is 12.1 Å². The predicted molar refractivity (Wildman–Crippen MR) is 128 cm³/mol. The number of hydrogen-bond acceptors (Lipinski definition) is 6. The lowest BCUT2D eigenvalue weighted by atomic mass is 10.1. The molecule has 1 saturated carbocycles. The predicted octanol–water partition coefficient (Wildman–Crippen LogP) is 5.84. The van der Waals surface area contributed by atoms with E-state index in [2.05, 4.69) is 26.7 Å². The molecule has 2 aromatic carbocycles. The van der Waals surface area contributed by atoms with Gasteiger partial charge in [0.1, 0.15) is 0 Å². The highest BCUT2D eigenvalue weighted by Gasteiger charge is 2.16. The normalized spacial score (nSPS) is 14.7. The van der Waals surface area contributed by atoms with E-state index in [4.69, 9.17) is 9.72 Å². The standard InChI is InChI=1S/C25H27FN6O/c1-33-22-13-12-19(16-20(22)26)28-24-29-23(27-18-9-4-2-3-5-10-18)30-25(31-24)32-15-14-17-8-6-7-11-21(17)32/h6-8,11-16,18H,2-5,9-10H2,1H3,(H2,27,28,29,30,31). The third-order valence-corrected chi connectivity index (χ3v) is 6.03. The molecule has 170 valence electrons. The summed E-state index contributed by atoms with van der Waals surface area (Å²) in [5, 5.41) is 7.74. The van der Waals surface area contributed by atoms with Crippen LogP contribution in [0.1, 0.15) is 38.5 Å². The first-order chi connectivity index (χ1) is 16.2. The van der Waals surface area contributed by atoms with Crippen molar-refractivity contribution in [1.82, 2.24) is 19.5 Å². The fraction of sp³-hybridized carbons (Fsp3) is 0.320. The van der Waals surface area contributed by atoms with Crippen molar-refractivity contribution < 1.29 is 9.13 Å². The van der Waals surface area contributed by atoms with Crippen molar-refractivity contribution >= 4 is 28.5 Å². The third-order valence-electron chi connectivity index (χ3n) is 6.03. The Labute approximate surface area is 192 Å². The number of fused-ring (bicyclic) bond motifs is 1. The Morgan fingerprint density at radius 1 is 0.939 bits per heavy atom. The van der Waals surface area contributed by atoms with Crippen LogP contribution in [0.3, 0.4) is 0 Å². The summed E-state index contributed by atoms with van der Waals surface area (Å²) in [7, 11) is 1.44. The van der Waals surface area contributed by atoms with Gasteiger partial charge in [-0.1, -0.05) is 43.9 Å². The fourth-order valence-corrected chi connectivity index (χ4v) is 4.33. The minimum atomic E-state index is -0.454. The van der Waals surface area contributed by atoms with E-state index >= 15 is 0 Å². The average molecular weight is 447 g/mol. The first-order valence-corrected chi connectivity index (χ1v) is 11.4. The number of halogens is 1. The summed E-state index contributed by atoms with van der Waals surface area (Å²) >= 11 is 0. The molecule has 4 aromatic rings. The maximum Gasteiger partial charge on any atom is 0.240 e. The van der Waals surface area contributed by atoms with Crippen molar-refractivity contribution in [2.75, 3.05) is 17.7 Å². The van der Waals surface area contributed by atoms with Gasteiger partial charge in [-0.2, -0.15) is 15.0 Å². The SMILES string of the molecule is COc1ccc(Nc2nc(NC3CCCCCC3)nc(-n3ccc4ccccc43)n2)cc1F. The van der Waals surface area contributed by atoms with Gasteiger partial charge < -0.3 is 15.4 Å². The van der Waals surface area contributed by atoms with Crippen LogP contribution in [0.2, 0.25) is 0 Å². The van der Waals surface area contributed by atoms with Crippen LogP contribution < -0.4 is 15.4 Å². The van der Waals surface area contributed by atoms with Crippen molar-refractivity contribution in [3.05, 3.63) is 60.5 Å². The third kappa shape index (κ3) is 4.74. The molecule has 0 spiro atoms. The van der Waals surface area contributed by atoms with Gasteiger partial charge in [0.25, 0.3) is 0 Å². The highest BCUT2D eigenvalue weighted by atomic mass is 19.1. The van der Waals surface area contributed by atoms with Gasteiger partial charge in [-0.3, -0.25) is 4.57 Å². The van der Waals surface area contributed by atoms with Gasteiger partial charge in [-0.25, -0.2) is 4.39 Å². The quantitative estimate of drug-likeness (QED) is 0.362. The van der Waals surface area contributed by atoms with Crippen molar-refractivity contribution in [1.29, 1.82) is 0 Å². The minimum absolute atomic E-state index is 0.186. The smallest absolute Gasteiger partial charge is 0.240 e. The molecular weight excluding hydrogens is 419 g/mol. The second-order valence-corrected chi connectivity index (χ2v) is 8.33. The highest BCUT2D eigenvalue weighted by Crippen LogP contribution is 2.25. The van der Waals surface area contributed by atoms with Crippen LogP contribution in [0.5, 0.6) is 5.75 Å². The van der Waals surface area contributed by atoms with Gasteiger partial charge in [-0.05, 0) is 37.1 Å². The largest absolute Gasteiger partial charge is 0.494 e. The number of nitrogens with zero attached hydrogens (tertiary/aromatic N) is 4. The van der Waals surface area contributed by atoms with Gasteiger partial charge in [0.15, 0.2) is 11.6 Å². The Bertz CT molecular complexity index is 1250. The maximum atomic E-state index is 14.2. The number of benzene rings is 2. The molecule has 0 atom stereocenters. The maximum absolute atomic E-state index is 14.2. The second-order valence-electron chi connectivity index (χ2n) is 8.33. The highest BCUT2D eigenvalue weighted by molar-refractivity contribution is 5.81. The molecule has 1 fully saturated rings. The summed E-state index contributed by atoms with van der Waals surface area (Å²) in [6, 6.07) is 15.1. The van der Waals surface area contributed by atoms with Crippen molar-refractivity contribution in [2.45, 2.75) is 44.6 Å². The number of rotatable bonds is 6. The number of nitrogens with one attached hydrogen (secondary N) is 2. The van der Waals surface area contributed by atoms with E-state index in [0.29, 0.717) is 29.6 Å². The van der Waals surface area contributed by atoms with Gasteiger partial charge in [0.2, 0.25) is 17.8 Å². The van der Waals surface area contributed by atoms with Crippen LogP contribution >= 0.6 is 0 Å². The first-order valence-electron chi connectivity index (χ1n) is 11.4. The zero-order valence-electron chi connectivity index (χ0n) is 18.6. The molecule has 1 aliphatic carbocycles.